The van der Waals surface area contributed by atoms with Crippen LogP contribution in [0.25, 0.3) is 0 Å². The van der Waals surface area contributed by atoms with Crippen LogP contribution in [0.15, 0.2) is 53.5 Å². The van der Waals surface area contributed by atoms with Gasteiger partial charge in [-0.25, -0.2) is 0 Å². The van der Waals surface area contributed by atoms with Gasteiger partial charge in [0.2, 0.25) is 0 Å². The zero-order valence-corrected chi connectivity index (χ0v) is 12.5. The van der Waals surface area contributed by atoms with Gasteiger partial charge in [0, 0.05) is 38.3 Å². The second-order valence-electron chi connectivity index (χ2n) is 5.73. The zero-order chi connectivity index (χ0) is 15.7. The third-order valence-electron chi connectivity index (χ3n) is 4.23. The predicted molar refractivity (Wildman–Crippen MR) is 84.7 cm³/mol. The highest BCUT2D eigenvalue weighted by Crippen LogP contribution is 2.26. The minimum absolute atomic E-state index is 0.109. The number of hydrogen-bond acceptors (Lipinski definition) is 3. The molecule has 1 fully saturated rings. The fraction of sp³-hybridized carbons (Fsp3) is 0.294. The molecule has 1 aromatic heterocycles. The summed E-state index contributed by atoms with van der Waals surface area (Å²) in [5.41, 5.74) is 7.26. The summed E-state index contributed by atoms with van der Waals surface area (Å²) in [5.74, 6) is -0.132. The van der Waals surface area contributed by atoms with Gasteiger partial charge in [0.15, 0.2) is 0 Å². The van der Waals surface area contributed by atoms with Crippen molar-refractivity contribution in [2.24, 2.45) is 12.8 Å². The van der Waals surface area contributed by atoms with E-state index in [2.05, 4.69) is 0 Å². The Balaban J connectivity index is 1.84. The fourth-order valence-electron chi connectivity index (χ4n) is 2.98. The lowest BCUT2D eigenvalue weighted by Gasteiger charge is -2.16. The van der Waals surface area contributed by atoms with Crippen molar-refractivity contribution < 1.29 is 4.79 Å². The van der Waals surface area contributed by atoms with Crippen LogP contribution >= 0.6 is 0 Å². The van der Waals surface area contributed by atoms with Gasteiger partial charge in [-0.2, -0.15) is 0 Å². The molecule has 3 rings (SSSR count). The molecule has 1 aliphatic rings. The zero-order valence-electron chi connectivity index (χ0n) is 12.5. The molecule has 5 heteroatoms. The number of benzene rings is 1. The Morgan fingerprint density at radius 1 is 1.14 bits per heavy atom. The Hall–Kier alpha value is -2.40. The molecule has 0 bridgehead atoms. The molecule has 1 saturated heterocycles. The van der Waals surface area contributed by atoms with E-state index >= 15 is 0 Å². The van der Waals surface area contributed by atoms with Crippen molar-refractivity contribution in [3.8, 4) is 0 Å². The van der Waals surface area contributed by atoms with Crippen LogP contribution in [0.2, 0.25) is 0 Å². The first-order valence-corrected chi connectivity index (χ1v) is 7.33. The average Bonchev–Trinajstić information content (AvgIpc) is 2.92. The van der Waals surface area contributed by atoms with Gasteiger partial charge < -0.3 is 15.2 Å². The van der Waals surface area contributed by atoms with E-state index in [9.17, 15) is 9.59 Å². The van der Waals surface area contributed by atoms with Crippen molar-refractivity contribution in [2.75, 3.05) is 13.1 Å². The van der Waals surface area contributed by atoms with Crippen LogP contribution in [-0.4, -0.2) is 34.5 Å². The van der Waals surface area contributed by atoms with E-state index in [1.54, 1.807) is 30.3 Å². The van der Waals surface area contributed by atoms with E-state index in [-0.39, 0.29) is 29.0 Å². The maximum Gasteiger partial charge on any atom is 0.263 e. The molecule has 2 N–H and O–H groups in total. The number of amides is 1. The SMILES string of the molecule is Cn1cccc(C(=O)N2C[C@@H](N)[C@H](c3ccccc3)C2)c1=O. The molecular formula is C17H19N3O2. The Kier molecular flexibility index (Phi) is 3.81. The Morgan fingerprint density at radius 3 is 2.59 bits per heavy atom. The molecule has 1 amide bonds. The normalized spacial score (nSPS) is 21.1. The maximum absolute atomic E-state index is 12.6. The smallest absolute Gasteiger partial charge is 0.263 e. The van der Waals surface area contributed by atoms with E-state index in [0.29, 0.717) is 13.1 Å². The Morgan fingerprint density at radius 2 is 1.86 bits per heavy atom. The molecule has 5 nitrogen and oxygen atoms in total. The van der Waals surface area contributed by atoms with Crippen molar-refractivity contribution in [1.29, 1.82) is 0 Å². The van der Waals surface area contributed by atoms with Crippen molar-refractivity contribution in [3.05, 3.63) is 70.1 Å². The van der Waals surface area contributed by atoms with Crippen molar-refractivity contribution >= 4 is 5.91 Å². The molecule has 0 spiro atoms. The molecule has 2 aromatic rings. The van der Waals surface area contributed by atoms with Gasteiger partial charge in [-0.1, -0.05) is 30.3 Å². The number of carbonyl (C=O) groups is 1. The summed E-state index contributed by atoms with van der Waals surface area (Å²) in [4.78, 5) is 26.4. The molecule has 0 aliphatic carbocycles. The van der Waals surface area contributed by atoms with Crippen LogP contribution in [0.3, 0.4) is 0 Å². The largest absolute Gasteiger partial charge is 0.336 e. The van der Waals surface area contributed by atoms with Crippen molar-refractivity contribution in [2.45, 2.75) is 12.0 Å². The molecule has 0 unspecified atom stereocenters. The topological polar surface area (TPSA) is 68.3 Å². The van der Waals surface area contributed by atoms with Gasteiger partial charge in [-0.3, -0.25) is 9.59 Å². The molecule has 1 aromatic carbocycles. The van der Waals surface area contributed by atoms with E-state index < -0.39 is 0 Å². The highest BCUT2D eigenvalue weighted by molar-refractivity contribution is 5.94. The first-order chi connectivity index (χ1) is 10.6. The number of rotatable bonds is 2. The third-order valence-corrected chi connectivity index (χ3v) is 4.23. The lowest BCUT2D eigenvalue weighted by atomic mass is 9.95. The van der Waals surface area contributed by atoms with Crippen LogP contribution in [0, 0.1) is 0 Å². The van der Waals surface area contributed by atoms with Gasteiger partial charge in [-0.05, 0) is 17.7 Å². The predicted octanol–water partition coefficient (Wildman–Crippen LogP) is 0.952. The van der Waals surface area contributed by atoms with Crippen LogP contribution in [0.1, 0.15) is 21.8 Å². The molecular weight excluding hydrogens is 278 g/mol. The van der Waals surface area contributed by atoms with E-state index in [1.165, 1.54) is 4.57 Å². The summed E-state index contributed by atoms with van der Waals surface area (Å²) in [7, 11) is 1.64. The lowest BCUT2D eigenvalue weighted by Crippen LogP contribution is -2.36. The van der Waals surface area contributed by atoms with Crippen molar-refractivity contribution in [1.82, 2.24) is 9.47 Å². The average molecular weight is 297 g/mol. The third kappa shape index (κ3) is 2.55. The van der Waals surface area contributed by atoms with Crippen LogP contribution in [0.4, 0.5) is 0 Å². The summed E-state index contributed by atoms with van der Waals surface area (Å²) in [6, 6.07) is 13.1. The summed E-state index contributed by atoms with van der Waals surface area (Å²) in [6.07, 6.45) is 1.64. The summed E-state index contributed by atoms with van der Waals surface area (Å²) >= 11 is 0. The number of likely N-dealkylation sites (tertiary alicyclic amines) is 1. The molecule has 114 valence electrons. The van der Waals surface area contributed by atoms with E-state index in [4.69, 9.17) is 5.73 Å². The Labute approximate surface area is 129 Å². The molecule has 2 heterocycles. The first-order valence-electron chi connectivity index (χ1n) is 7.33. The Bertz CT molecular complexity index is 739. The van der Waals surface area contributed by atoms with Crippen LogP contribution in [0.5, 0.6) is 0 Å². The van der Waals surface area contributed by atoms with E-state index in [0.717, 1.165) is 5.56 Å². The number of nitrogens with two attached hydrogens (primary N) is 1. The van der Waals surface area contributed by atoms with E-state index in [1.807, 2.05) is 30.3 Å². The highest BCUT2D eigenvalue weighted by Gasteiger charge is 2.34. The second kappa shape index (κ2) is 5.77. The summed E-state index contributed by atoms with van der Waals surface area (Å²) in [6.45, 7) is 1.01. The van der Waals surface area contributed by atoms with Crippen molar-refractivity contribution in [3.63, 3.8) is 0 Å². The fourth-order valence-corrected chi connectivity index (χ4v) is 2.98. The van der Waals surface area contributed by atoms with Gasteiger partial charge in [-0.15, -0.1) is 0 Å². The van der Waals surface area contributed by atoms with Crippen LogP contribution < -0.4 is 11.3 Å². The molecule has 2 atom stereocenters. The molecule has 22 heavy (non-hydrogen) atoms. The highest BCUT2D eigenvalue weighted by atomic mass is 16.2. The first kappa shape index (κ1) is 14.5. The standard InChI is InChI=1S/C17H19N3O2/c1-19-9-5-8-13(16(19)21)17(22)20-10-14(15(18)11-20)12-6-3-2-4-7-12/h2-9,14-15H,10-11,18H2,1H3/t14-,15+/m0/s1. The van der Waals surface area contributed by atoms with Gasteiger partial charge in [0.1, 0.15) is 5.56 Å². The second-order valence-corrected chi connectivity index (χ2v) is 5.73. The quantitative estimate of drug-likeness (QED) is 0.897. The molecule has 1 aliphatic heterocycles. The molecule has 0 saturated carbocycles. The van der Waals surface area contributed by atoms with Gasteiger partial charge in [0.25, 0.3) is 11.5 Å². The minimum atomic E-state index is -0.274. The van der Waals surface area contributed by atoms with Gasteiger partial charge >= 0.3 is 0 Å². The number of aryl methyl sites for hydroxylation is 1. The monoisotopic (exact) mass is 297 g/mol. The maximum atomic E-state index is 12.6. The summed E-state index contributed by atoms with van der Waals surface area (Å²) in [5, 5.41) is 0. The van der Waals surface area contributed by atoms with Crippen LogP contribution in [-0.2, 0) is 7.05 Å². The lowest BCUT2D eigenvalue weighted by molar-refractivity contribution is 0.0787. The molecule has 0 radical (unpaired) electrons. The number of nitrogens with zero attached hydrogens (tertiary/aromatic N) is 2. The van der Waals surface area contributed by atoms with Gasteiger partial charge in [0.05, 0.1) is 0 Å². The number of pyridine rings is 1. The number of hydrogen-bond donors (Lipinski definition) is 1. The summed E-state index contributed by atoms with van der Waals surface area (Å²) < 4.78 is 1.41. The number of carbonyl (C=O) groups excluding carboxylic acids is 1. The number of aromatic nitrogens is 1. The minimum Gasteiger partial charge on any atom is -0.336 e.